The third-order valence-corrected chi connectivity index (χ3v) is 4.70. The summed E-state index contributed by atoms with van der Waals surface area (Å²) in [6.45, 7) is 1.21. The van der Waals surface area contributed by atoms with Gasteiger partial charge in [-0.2, -0.15) is 0 Å². The number of hydrogen-bond acceptors (Lipinski definition) is 4. The molecule has 0 aliphatic carbocycles. The van der Waals surface area contributed by atoms with Gasteiger partial charge in [0.1, 0.15) is 0 Å². The number of rotatable bonds is 2. The van der Waals surface area contributed by atoms with E-state index in [0.29, 0.717) is 18.7 Å². The largest absolute Gasteiger partial charge is 0.359 e. The molecule has 1 unspecified atom stereocenters. The van der Waals surface area contributed by atoms with Gasteiger partial charge in [-0.25, -0.2) is 4.98 Å². The van der Waals surface area contributed by atoms with Crippen LogP contribution >= 0.6 is 11.3 Å². The number of hydrogen-bond donors (Lipinski definition) is 1. The molecule has 0 radical (unpaired) electrons. The molecule has 2 aromatic rings. The van der Waals surface area contributed by atoms with Gasteiger partial charge in [0.15, 0.2) is 0 Å². The Balaban J connectivity index is 1.78. The van der Waals surface area contributed by atoms with Crippen LogP contribution in [0.5, 0.6) is 0 Å². The second-order valence-corrected chi connectivity index (χ2v) is 6.13. The standard InChI is InChI=1S/C15H17N3O2S/c1-16-14(19)11-3-2-6-18(8-11)15(20)10-4-5-12-13(7-10)21-9-17-12/h4-5,7,9,11H,2-3,6,8H2,1H3,(H,16,19). The quantitative estimate of drug-likeness (QED) is 0.921. The lowest BCUT2D eigenvalue weighted by Gasteiger charge is -2.31. The molecule has 3 rings (SSSR count). The minimum absolute atomic E-state index is 0.00102. The molecule has 2 heterocycles. The average molecular weight is 303 g/mol. The van der Waals surface area contributed by atoms with Crippen molar-refractivity contribution >= 4 is 33.4 Å². The normalized spacial score (nSPS) is 18.7. The van der Waals surface area contributed by atoms with Crippen molar-refractivity contribution in [1.82, 2.24) is 15.2 Å². The van der Waals surface area contributed by atoms with E-state index in [-0.39, 0.29) is 17.7 Å². The van der Waals surface area contributed by atoms with E-state index in [4.69, 9.17) is 0 Å². The molecule has 1 fully saturated rings. The van der Waals surface area contributed by atoms with E-state index in [0.717, 1.165) is 23.1 Å². The fourth-order valence-corrected chi connectivity index (χ4v) is 3.47. The van der Waals surface area contributed by atoms with Crippen LogP contribution in [0.3, 0.4) is 0 Å². The summed E-state index contributed by atoms with van der Waals surface area (Å²) in [5, 5.41) is 2.67. The van der Waals surface area contributed by atoms with Crippen molar-refractivity contribution in [2.45, 2.75) is 12.8 Å². The Labute approximate surface area is 127 Å². The number of nitrogens with one attached hydrogen (secondary N) is 1. The maximum Gasteiger partial charge on any atom is 0.253 e. The van der Waals surface area contributed by atoms with Crippen molar-refractivity contribution in [2.75, 3.05) is 20.1 Å². The molecule has 0 saturated carbocycles. The fraction of sp³-hybridized carbons (Fsp3) is 0.400. The highest BCUT2D eigenvalue weighted by Gasteiger charge is 2.28. The van der Waals surface area contributed by atoms with Crippen LogP contribution in [-0.4, -0.2) is 41.8 Å². The molecule has 1 atom stereocenters. The van der Waals surface area contributed by atoms with Gasteiger partial charge in [-0.05, 0) is 31.0 Å². The molecular formula is C15H17N3O2S. The summed E-state index contributed by atoms with van der Waals surface area (Å²) in [6.07, 6.45) is 1.71. The Hall–Kier alpha value is -1.95. The smallest absolute Gasteiger partial charge is 0.253 e. The molecular weight excluding hydrogens is 286 g/mol. The lowest BCUT2D eigenvalue weighted by Crippen LogP contribution is -2.44. The van der Waals surface area contributed by atoms with Gasteiger partial charge in [-0.3, -0.25) is 9.59 Å². The monoisotopic (exact) mass is 303 g/mol. The number of aromatic nitrogens is 1. The highest BCUT2D eigenvalue weighted by molar-refractivity contribution is 7.16. The zero-order valence-electron chi connectivity index (χ0n) is 11.8. The van der Waals surface area contributed by atoms with E-state index in [1.807, 2.05) is 18.2 Å². The third-order valence-electron chi connectivity index (χ3n) is 3.90. The summed E-state index contributed by atoms with van der Waals surface area (Å²) in [5.41, 5.74) is 3.37. The minimum atomic E-state index is -0.0974. The first kappa shape index (κ1) is 14.0. The SMILES string of the molecule is CNC(=O)C1CCCN(C(=O)c2ccc3ncsc3c2)C1. The van der Waals surface area contributed by atoms with Gasteiger partial charge in [0.25, 0.3) is 5.91 Å². The molecule has 1 aliphatic heterocycles. The van der Waals surface area contributed by atoms with Crippen LogP contribution in [0.25, 0.3) is 10.2 Å². The fourth-order valence-electron chi connectivity index (χ4n) is 2.75. The first-order chi connectivity index (χ1) is 10.2. The van der Waals surface area contributed by atoms with Crippen LogP contribution in [0.15, 0.2) is 23.7 Å². The predicted molar refractivity (Wildman–Crippen MR) is 82.3 cm³/mol. The highest BCUT2D eigenvalue weighted by Crippen LogP contribution is 2.22. The number of likely N-dealkylation sites (tertiary alicyclic amines) is 1. The molecule has 5 nitrogen and oxygen atoms in total. The number of carbonyl (C=O) groups is 2. The number of amides is 2. The van der Waals surface area contributed by atoms with Gasteiger partial charge in [0.2, 0.25) is 5.91 Å². The molecule has 2 amide bonds. The van der Waals surface area contributed by atoms with Gasteiger partial charge in [-0.1, -0.05) is 0 Å². The van der Waals surface area contributed by atoms with Crippen LogP contribution in [-0.2, 0) is 4.79 Å². The first-order valence-electron chi connectivity index (χ1n) is 7.03. The van der Waals surface area contributed by atoms with Gasteiger partial charge in [-0.15, -0.1) is 11.3 Å². The van der Waals surface area contributed by atoms with E-state index >= 15 is 0 Å². The summed E-state index contributed by atoms with van der Waals surface area (Å²) in [5.74, 6) is -0.0795. The van der Waals surface area contributed by atoms with Crippen molar-refractivity contribution in [1.29, 1.82) is 0 Å². The summed E-state index contributed by atoms with van der Waals surface area (Å²) >= 11 is 1.53. The number of fused-ring (bicyclic) bond motifs is 1. The van der Waals surface area contributed by atoms with Crippen molar-refractivity contribution < 1.29 is 9.59 Å². The molecule has 1 aromatic carbocycles. The molecule has 110 valence electrons. The second kappa shape index (κ2) is 5.81. The van der Waals surface area contributed by atoms with E-state index in [9.17, 15) is 9.59 Å². The predicted octanol–water partition coefficient (Wildman–Crippen LogP) is 1.89. The summed E-state index contributed by atoms with van der Waals surface area (Å²) in [6, 6.07) is 5.58. The molecule has 0 spiro atoms. The minimum Gasteiger partial charge on any atom is -0.359 e. The topological polar surface area (TPSA) is 62.3 Å². The Kier molecular flexibility index (Phi) is 3.88. The first-order valence-corrected chi connectivity index (χ1v) is 7.91. The zero-order chi connectivity index (χ0) is 14.8. The van der Waals surface area contributed by atoms with Crippen LogP contribution < -0.4 is 5.32 Å². The van der Waals surface area contributed by atoms with Crippen molar-refractivity contribution in [3.8, 4) is 0 Å². The highest BCUT2D eigenvalue weighted by atomic mass is 32.1. The second-order valence-electron chi connectivity index (χ2n) is 5.24. The van der Waals surface area contributed by atoms with Crippen LogP contribution in [0, 0.1) is 5.92 Å². The molecule has 21 heavy (non-hydrogen) atoms. The lowest BCUT2D eigenvalue weighted by molar-refractivity contribution is -0.125. The number of piperidine rings is 1. The van der Waals surface area contributed by atoms with Crippen molar-refractivity contribution in [3.63, 3.8) is 0 Å². The van der Waals surface area contributed by atoms with Gasteiger partial charge in [0.05, 0.1) is 21.6 Å². The van der Waals surface area contributed by atoms with Crippen molar-refractivity contribution in [3.05, 3.63) is 29.3 Å². The molecule has 1 aliphatic rings. The Bertz CT molecular complexity index is 682. The summed E-state index contributed by atoms with van der Waals surface area (Å²) in [4.78, 5) is 30.4. The number of thiazole rings is 1. The maximum atomic E-state index is 12.6. The molecule has 1 saturated heterocycles. The Morgan fingerprint density at radius 2 is 2.29 bits per heavy atom. The van der Waals surface area contributed by atoms with Crippen molar-refractivity contribution in [2.24, 2.45) is 5.92 Å². The molecule has 1 N–H and O–H groups in total. The van der Waals surface area contributed by atoms with Crippen LogP contribution in [0.2, 0.25) is 0 Å². The zero-order valence-corrected chi connectivity index (χ0v) is 12.7. The molecule has 0 bridgehead atoms. The van der Waals surface area contributed by atoms with E-state index < -0.39 is 0 Å². The Morgan fingerprint density at radius 1 is 1.43 bits per heavy atom. The Morgan fingerprint density at radius 3 is 3.10 bits per heavy atom. The summed E-state index contributed by atoms with van der Waals surface area (Å²) < 4.78 is 1.01. The van der Waals surface area contributed by atoms with E-state index in [2.05, 4.69) is 10.3 Å². The average Bonchev–Trinajstić information content (AvgIpc) is 3.01. The number of benzene rings is 1. The molecule has 1 aromatic heterocycles. The number of nitrogens with zero attached hydrogens (tertiary/aromatic N) is 2. The van der Waals surface area contributed by atoms with Gasteiger partial charge >= 0.3 is 0 Å². The number of carbonyl (C=O) groups excluding carboxylic acids is 2. The van der Waals surface area contributed by atoms with Gasteiger partial charge < -0.3 is 10.2 Å². The van der Waals surface area contributed by atoms with E-state index in [1.165, 1.54) is 11.3 Å². The lowest BCUT2D eigenvalue weighted by atomic mass is 9.96. The van der Waals surface area contributed by atoms with E-state index in [1.54, 1.807) is 17.5 Å². The van der Waals surface area contributed by atoms with Crippen LogP contribution in [0.4, 0.5) is 0 Å². The van der Waals surface area contributed by atoms with Crippen LogP contribution in [0.1, 0.15) is 23.2 Å². The third kappa shape index (κ3) is 2.76. The summed E-state index contributed by atoms with van der Waals surface area (Å²) in [7, 11) is 1.64. The maximum absolute atomic E-state index is 12.6. The van der Waals surface area contributed by atoms with Gasteiger partial charge in [0, 0.05) is 25.7 Å². The molecule has 6 heteroatoms.